The molecule has 1 N–H and O–H groups in total. The molecule has 0 aliphatic rings. The minimum absolute atomic E-state index is 0.255. The van der Waals surface area contributed by atoms with E-state index in [0.29, 0.717) is 0 Å². The Kier molecular flexibility index (Phi) is 6.28. The highest BCUT2D eigenvalue weighted by atomic mass is 32.2. The molecule has 0 rings (SSSR count). The summed E-state index contributed by atoms with van der Waals surface area (Å²) in [6, 6.07) is 0. The first-order chi connectivity index (χ1) is 6.00. The Morgan fingerprint density at radius 1 is 1.23 bits per heavy atom. The molecule has 0 aromatic carbocycles. The number of unbranched alkanes of at least 4 members (excludes halogenated alkanes) is 1. The number of nitrogens with zero attached hydrogens (tertiary/aromatic N) is 1. The van der Waals surface area contributed by atoms with Gasteiger partial charge in [0.1, 0.15) is 0 Å². The molecule has 0 aromatic rings. The maximum Gasteiger partial charge on any atom is 0.213 e. The zero-order valence-corrected chi connectivity index (χ0v) is 9.52. The summed E-state index contributed by atoms with van der Waals surface area (Å²) in [6.45, 7) is 3.89. The van der Waals surface area contributed by atoms with Gasteiger partial charge in [0.25, 0.3) is 0 Å². The first-order valence-electron chi connectivity index (χ1n) is 4.61. The highest BCUT2D eigenvalue weighted by Crippen LogP contribution is 1.98. The van der Waals surface area contributed by atoms with Crippen molar-refractivity contribution < 1.29 is 8.42 Å². The van der Waals surface area contributed by atoms with Gasteiger partial charge < -0.3 is 5.32 Å². The van der Waals surface area contributed by atoms with Gasteiger partial charge in [0.05, 0.1) is 5.75 Å². The molecule has 0 spiro atoms. The fraction of sp³-hybridized carbons (Fsp3) is 1.00. The van der Waals surface area contributed by atoms with Gasteiger partial charge in [-0.15, -0.1) is 0 Å². The van der Waals surface area contributed by atoms with Gasteiger partial charge in [-0.05, 0) is 25.9 Å². The van der Waals surface area contributed by atoms with Gasteiger partial charge in [0, 0.05) is 14.1 Å². The second-order valence-corrected chi connectivity index (χ2v) is 5.46. The zero-order chi connectivity index (χ0) is 10.3. The van der Waals surface area contributed by atoms with Crippen molar-refractivity contribution in [2.24, 2.45) is 0 Å². The van der Waals surface area contributed by atoms with E-state index in [1.165, 1.54) is 4.31 Å². The molecule has 0 aliphatic heterocycles. The van der Waals surface area contributed by atoms with Crippen LogP contribution >= 0.6 is 0 Å². The third-order valence-corrected chi connectivity index (χ3v) is 3.73. The molecule has 0 aromatic heterocycles. The van der Waals surface area contributed by atoms with Crippen LogP contribution in [0.25, 0.3) is 0 Å². The van der Waals surface area contributed by atoms with Gasteiger partial charge in [-0.1, -0.05) is 6.92 Å². The minimum atomic E-state index is -2.98. The largest absolute Gasteiger partial charge is 0.317 e. The first-order valence-corrected chi connectivity index (χ1v) is 6.22. The van der Waals surface area contributed by atoms with Crippen LogP contribution in [0.15, 0.2) is 0 Å². The third-order valence-electron chi connectivity index (χ3n) is 1.81. The Morgan fingerprint density at radius 3 is 2.31 bits per heavy atom. The lowest BCUT2D eigenvalue weighted by Gasteiger charge is -2.10. The van der Waals surface area contributed by atoms with Crippen LogP contribution in [0.4, 0.5) is 0 Å². The number of nitrogens with one attached hydrogen (secondary N) is 1. The fourth-order valence-electron chi connectivity index (χ4n) is 0.894. The molecular weight excluding hydrogens is 188 g/mol. The van der Waals surface area contributed by atoms with E-state index in [1.807, 2.05) is 6.92 Å². The third kappa shape index (κ3) is 6.01. The lowest BCUT2D eigenvalue weighted by molar-refractivity contribution is 0.516. The number of sulfonamides is 1. The Bertz CT molecular complexity index is 212. The van der Waals surface area contributed by atoms with E-state index in [0.717, 1.165) is 25.9 Å². The molecule has 0 atom stereocenters. The van der Waals surface area contributed by atoms with E-state index in [9.17, 15) is 8.42 Å². The van der Waals surface area contributed by atoms with Gasteiger partial charge >= 0.3 is 0 Å². The normalized spacial score (nSPS) is 12.3. The van der Waals surface area contributed by atoms with Crippen LogP contribution in [0.5, 0.6) is 0 Å². The SMILES string of the molecule is CCNCCCCS(=O)(=O)N(C)C. The van der Waals surface area contributed by atoms with Gasteiger partial charge in [0.15, 0.2) is 0 Å². The fourth-order valence-corrected chi connectivity index (χ4v) is 1.83. The van der Waals surface area contributed by atoms with Crippen molar-refractivity contribution in [3.05, 3.63) is 0 Å². The van der Waals surface area contributed by atoms with Crippen LogP contribution < -0.4 is 5.32 Å². The summed E-state index contributed by atoms with van der Waals surface area (Å²) >= 11 is 0. The molecule has 0 saturated heterocycles. The van der Waals surface area contributed by atoms with Crippen LogP contribution in [-0.2, 0) is 10.0 Å². The predicted molar refractivity (Wildman–Crippen MR) is 55.3 cm³/mol. The summed E-state index contributed by atoms with van der Waals surface area (Å²) < 4.78 is 23.8. The van der Waals surface area contributed by atoms with Crippen LogP contribution in [0.1, 0.15) is 19.8 Å². The summed E-state index contributed by atoms with van der Waals surface area (Å²) in [5.74, 6) is 0.255. The van der Waals surface area contributed by atoms with Crippen molar-refractivity contribution in [3.63, 3.8) is 0 Å². The van der Waals surface area contributed by atoms with Crippen LogP contribution in [0.3, 0.4) is 0 Å². The van der Waals surface area contributed by atoms with E-state index in [2.05, 4.69) is 5.32 Å². The van der Waals surface area contributed by atoms with Crippen molar-refractivity contribution in [3.8, 4) is 0 Å². The summed E-state index contributed by atoms with van der Waals surface area (Å²) in [7, 11) is 0.158. The molecule has 0 fully saturated rings. The van der Waals surface area contributed by atoms with Crippen molar-refractivity contribution in [2.45, 2.75) is 19.8 Å². The summed E-state index contributed by atoms with van der Waals surface area (Å²) in [4.78, 5) is 0. The minimum Gasteiger partial charge on any atom is -0.317 e. The van der Waals surface area contributed by atoms with Crippen molar-refractivity contribution in [2.75, 3.05) is 32.9 Å². The zero-order valence-electron chi connectivity index (χ0n) is 8.71. The van der Waals surface area contributed by atoms with E-state index >= 15 is 0 Å². The summed E-state index contributed by atoms with van der Waals surface area (Å²) in [5.41, 5.74) is 0. The van der Waals surface area contributed by atoms with Gasteiger partial charge in [-0.25, -0.2) is 12.7 Å². The predicted octanol–water partition coefficient (Wildman–Crippen LogP) is 0.268. The molecule has 13 heavy (non-hydrogen) atoms. The van der Waals surface area contributed by atoms with Gasteiger partial charge in [0.2, 0.25) is 10.0 Å². The number of hydrogen-bond donors (Lipinski definition) is 1. The number of hydrogen-bond acceptors (Lipinski definition) is 3. The molecule has 4 nitrogen and oxygen atoms in total. The van der Waals surface area contributed by atoms with Gasteiger partial charge in [-0.3, -0.25) is 0 Å². The van der Waals surface area contributed by atoms with E-state index in [-0.39, 0.29) is 5.75 Å². The molecule has 0 bridgehead atoms. The molecule has 80 valence electrons. The maximum absolute atomic E-state index is 11.3. The number of rotatable bonds is 7. The van der Waals surface area contributed by atoms with Crippen LogP contribution in [-0.4, -0.2) is 45.7 Å². The first kappa shape index (κ1) is 12.9. The highest BCUT2D eigenvalue weighted by molar-refractivity contribution is 7.89. The highest BCUT2D eigenvalue weighted by Gasteiger charge is 2.11. The topological polar surface area (TPSA) is 49.4 Å². The molecule has 0 saturated carbocycles. The Balaban J connectivity index is 3.53. The second kappa shape index (κ2) is 6.34. The van der Waals surface area contributed by atoms with E-state index in [4.69, 9.17) is 0 Å². The molecular formula is C8H20N2O2S. The summed E-state index contributed by atoms with van der Waals surface area (Å²) in [5, 5.41) is 3.16. The molecule has 0 heterocycles. The van der Waals surface area contributed by atoms with Crippen molar-refractivity contribution in [1.82, 2.24) is 9.62 Å². The standard InChI is InChI=1S/C8H20N2O2S/c1-4-9-7-5-6-8-13(11,12)10(2)3/h9H,4-8H2,1-3H3. The van der Waals surface area contributed by atoms with Gasteiger partial charge in [-0.2, -0.15) is 0 Å². The smallest absolute Gasteiger partial charge is 0.213 e. The van der Waals surface area contributed by atoms with E-state index < -0.39 is 10.0 Å². The molecule has 0 amide bonds. The van der Waals surface area contributed by atoms with Crippen molar-refractivity contribution in [1.29, 1.82) is 0 Å². The Labute approximate surface area is 81.4 Å². The van der Waals surface area contributed by atoms with E-state index in [1.54, 1.807) is 14.1 Å². The van der Waals surface area contributed by atoms with Crippen LogP contribution in [0, 0.1) is 0 Å². The quantitative estimate of drug-likeness (QED) is 0.611. The lowest BCUT2D eigenvalue weighted by Crippen LogP contribution is -2.25. The Hall–Kier alpha value is -0.130. The Morgan fingerprint density at radius 2 is 1.85 bits per heavy atom. The molecule has 0 aliphatic carbocycles. The molecule has 0 unspecified atom stereocenters. The average Bonchev–Trinajstić information content (AvgIpc) is 2.03. The second-order valence-electron chi connectivity index (χ2n) is 3.16. The van der Waals surface area contributed by atoms with Crippen molar-refractivity contribution >= 4 is 10.0 Å². The summed E-state index contributed by atoms with van der Waals surface area (Å²) in [6.07, 6.45) is 1.65. The lowest BCUT2D eigenvalue weighted by atomic mass is 10.3. The maximum atomic E-state index is 11.3. The molecule has 0 radical (unpaired) electrons. The average molecular weight is 208 g/mol. The molecule has 5 heteroatoms. The van der Waals surface area contributed by atoms with Crippen LogP contribution in [0.2, 0.25) is 0 Å². The monoisotopic (exact) mass is 208 g/mol.